The lowest BCUT2D eigenvalue weighted by Crippen LogP contribution is -2.53. The van der Waals surface area contributed by atoms with E-state index >= 15 is 0 Å². The summed E-state index contributed by atoms with van der Waals surface area (Å²) in [6.45, 7) is 4.95. The largest absolute Gasteiger partial charge is 0.378 e. The van der Waals surface area contributed by atoms with Gasteiger partial charge in [-0.2, -0.15) is 11.8 Å². The minimum Gasteiger partial charge on any atom is -0.378 e. The number of rotatable bonds is 4. The Morgan fingerprint density at radius 1 is 1.39 bits per heavy atom. The molecule has 1 atom stereocenters. The molecular weight excluding hydrogens is 248 g/mol. The van der Waals surface area contributed by atoms with Crippen molar-refractivity contribution in [2.75, 3.05) is 37.8 Å². The molecule has 1 amide bonds. The van der Waals surface area contributed by atoms with Crippen LogP contribution in [0.2, 0.25) is 0 Å². The Morgan fingerprint density at radius 2 is 2.06 bits per heavy atom. The van der Waals surface area contributed by atoms with Crippen molar-refractivity contribution in [2.24, 2.45) is 0 Å². The van der Waals surface area contributed by atoms with Crippen molar-refractivity contribution in [3.8, 4) is 0 Å². The molecule has 18 heavy (non-hydrogen) atoms. The Hall–Kier alpha value is -0.260. The normalized spacial score (nSPS) is 23.9. The molecule has 2 aliphatic heterocycles. The predicted molar refractivity (Wildman–Crippen MR) is 75.0 cm³/mol. The second kappa shape index (κ2) is 7.36. The van der Waals surface area contributed by atoms with Crippen LogP contribution in [-0.4, -0.2) is 60.7 Å². The number of ether oxygens (including phenoxy) is 1. The molecule has 2 fully saturated rings. The van der Waals surface area contributed by atoms with E-state index in [0.717, 1.165) is 19.5 Å². The van der Waals surface area contributed by atoms with Gasteiger partial charge in [-0.05, 0) is 30.8 Å². The van der Waals surface area contributed by atoms with E-state index in [1.54, 1.807) is 0 Å². The molecule has 0 saturated carbocycles. The summed E-state index contributed by atoms with van der Waals surface area (Å²) < 4.78 is 5.30. The van der Waals surface area contributed by atoms with Crippen molar-refractivity contribution in [3.05, 3.63) is 0 Å². The van der Waals surface area contributed by atoms with E-state index in [0.29, 0.717) is 19.3 Å². The fraction of sp³-hybridized carbons (Fsp3) is 0.923. The van der Waals surface area contributed by atoms with Crippen molar-refractivity contribution in [3.63, 3.8) is 0 Å². The molecule has 0 unspecified atom stereocenters. The minimum absolute atomic E-state index is 0.00352. The van der Waals surface area contributed by atoms with Gasteiger partial charge in [0.15, 0.2) is 0 Å². The maximum atomic E-state index is 12.4. The van der Waals surface area contributed by atoms with Crippen molar-refractivity contribution >= 4 is 17.7 Å². The number of carbonyl (C=O) groups is 1. The number of nitrogens with one attached hydrogen (secondary N) is 1. The first-order valence-electron chi connectivity index (χ1n) is 7.01. The molecule has 0 aromatic heterocycles. The van der Waals surface area contributed by atoms with Gasteiger partial charge in [0, 0.05) is 19.1 Å². The van der Waals surface area contributed by atoms with Gasteiger partial charge in [0.2, 0.25) is 5.91 Å². The SMILES string of the molecule is CC[C@@H](NC1CCSCC1)C(=O)N1CCOCC1. The first kappa shape index (κ1) is 14.2. The molecule has 0 aliphatic carbocycles. The summed E-state index contributed by atoms with van der Waals surface area (Å²) in [7, 11) is 0. The molecular formula is C13H24N2O2S. The van der Waals surface area contributed by atoms with Gasteiger partial charge in [0.1, 0.15) is 0 Å². The minimum atomic E-state index is -0.00352. The van der Waals surface area contributed by atoms with Crippen LogP contribution in [0, 0.1) is 0 Å². The third-order valence-corrected chi connectivity index (χ3v) is 4.74. The number of hydrogen-bond donors (Lipinski definition) is 1. The Morgan fingerprint density at radius 3 is 2.67 bits per heavy atom. The number of thioether (sulfide) groups is 1. The lowest BCUT2D eigenvalue weighted by molar-refractivity contribution is -0.137. The zero-order chi connectivity index (χ0) is 12.8. The number of carbonyl (C=O) groups excluding carboxylic acids is 1. The van der Waals surface area contributed by atoms with Gasteiger partial charge in [-0.25, -0.2) is 0 Å². The van der Waals surface area contributed by atoms with Crippen LogP contribution in [0.4, 0.5) is 0 Å². The summed E-state index contributed by atoms with van der Waals surface area (Å²) in [5.74, 6) is 2.71. The van der Waals surface area contributed by atoms with E-state index in [9.17, 15) is 4.79 Å². The maximum absolute atomic E-state index is 12.4. The Balaban J connectivity index is 1.84. The zero-order valence-corrected chi connectivity index (χ0v) is 12.0. The van der Waals surface area contributed by atoms with E-state index < -0.39 is 0 Å². The highest BCUT2D eigenvalue weighted by Gasteiger charge is 2.26. The van der Waals surface area contributed by atoms with Gasteiger partial charge in [-0.15, -0.1) is 0 Å². The van der Waals surface area contributed by atoms with Gasteiger partial charge in [-0.1, -0.05) is 6.92 Å². The molecule has 0 bridgehead atoms. The molecule has 4 nitrogen and oxygen atoms in total. The number of hydrogen-bond acceptors (Lipinski definition) is 4. The fourth-order valence-corrected chi connectivity index (χ4v) is 3.62. The van der Waals surface area contributed by atoms with E-state index in [-0.39, 0.29) is 11.9 Å². The molecule has 5 heteroatoms. The van der Waals surface area contributed by atoms with Gasteiger partial charge in [0.05, 0.1) is 19.3 Å². The molecule has 2 aliphatic rings. The molecule has 2 saturated heterocycles. The first-order chi connectivity index (χ1) is 8.81. The average molecular weight is 272 g/mol. The van der Waals surface area contributed by atoms with Crippen LogP contribution in [0.25, 0.3) is 0 Å². The summed E-state index contributed by atoms with van der Waals surface area (Å²) >= 11 is 2.02. The highest BCUT2D eigenvalue weighted by Crippen LogP contribution is 2.18. The monoisotopic (exact) mass is 272 g/mol. The molecule has 0 radical (unpaired) electrons. The number of morpholine rings is 1. The van der Waals surface area contributed by atoms with Gasteiger partial charge >= 0.3 is 0 Å². The van der Waals surface area contributed by atoms with E-state index in [1.807, 2.05) is 16.7 Å². The van der Waals surface area contributed by atoms with E-state index in [1.165, 1.54) is 24.3 Å². The van der Waals surface area contributed by atoms with Gasteiger partial charge in [-0.3, -0.25) is 4.79 Å². The second-order valence-corrected chi connectivity index (χ2v) is 6.18. The molecule has 0 aromatic rings. The highest BCUT2D eigenvalue weighted by molar-refractivity contribution is 7.99. The smallest absolute Gasteiger partial charge is 0.239 e. The second-order valence-electron chi connectivity index (χ2n) is 4.95. The van der Waals surface area contributed by atoms with E-state index in [2.05, 4.69) is 12.2 Å². The number of amides is 1. The number of nitrogens with zero attached hydrogens (tertiary/aromatic N) is 1. The topological polar surface area (TPSA) is 41.6 Å². The quantitative estimate of drug-likeness (QED) is 0.832. The van der Waals surface area contributed by atoms with Gasteiger partial charge < -0.3 is 15.0 Å². The Kier molecular flexibility index (Phi) is 5.79. The first-order valence-corrected chi connectivity index (χ1v) is 8.17. The Bertz CT molecular complexity index is 264. The van der Waals surface area contributed by atoms with Crippen molar-refractivity contribution in [1.29, 1.82) is 0 Å². The third kappa shape index (κ3) is 3.87. The van der Waals surface area contributed by atoms with Crippen LogP contribution in [-0.2, 0) is 9.53 Å². The molecule has 104 valence electrons. The Labute approximate surface area is 114 Å². The van der Waals surface area contributed by atoms with Crippen molar-refractivity contribution < 1.29 is 9.53 Å². The zero-order valence-electron chi connectivity index (χ0n) is 11.2. The average Bonchev–Trinajstić information content (AvgIpc) is 2.46. The van der Waals surface area contributed by atoms with Crippen LogP contribution in [0.15, 0.2) is 0 Å². The molecule has 1 N–H and O–H groups in total. The van der Waals surface area contributed by atoms with Crippen LogP contribution >= 0.6 is 11.8 Å². The maximum Gasteiger partial charge on any atom is 0.239 e. The standard InChI is InChI=1S/C13H24N2O2S/c1-2-12(14-11-3-9-18-10-4-11)13(16)15-5-7-17-8-6-15/h11-12,14H,2-10H2,1H3/t12-/m1/s1. The molecule has 2 heterocycles. The van der Waals surface area contributed by atoms with Crippen molar-refractivity contribution in [2.45, 2.75) is 38.3 Å². The lowest BCUT2D eigenvalue weighted by atomic mass is 10.1. The van der Waals surface area contributed by atoms with E-state index in [4.69, 9.17) is 4.74 Å². The van der Waals surface area contributed by atoms with Crippen LogP contribution in [0.1, 0.15) is 26.2 Å². The highest BCUT2D eigenvalue weighted by atomic mass is 32.2. The van der Waals surface area contributed by atoms with Crippen LogP contribution in [0.3, 0.4) is 0 Å². The summed E-state index contributed by atoms with van der Waals surface area (Å²) in [6.07, 6.45) is 3.26. The van der Waals surface area contributed by atoms with Gasteiger partial charge in [0.25, 0.3) is 0 Å². The van der Waals surface area contributed by atoms with Crippen LogP contribution in [0.5, 0.6) is 0 Å². The predicted octanol–water partition coefficient (Wildman–Crippen LogP) is 1.11. The molecule has 2 rings (SSSR count). The summed E-state index contributed by atoms with van der Waals surface area (Å²) in [4.78, 5) is 14.4. The molecule has 0 aromatic carbocycles. The summed E-state index contributed by atoms with van der Waals surface area (Å²) in [5, 5.41) is 3.56. The molecule has 0 spiro atoms. The van der Waals surface area contributed by atoms with Crippen molar-refractivity contribution in [1.82, 2.24) is 10.2 Å². The third-order valence-electron chi connectivity index (χ3n) is 3.69. The summed E-state index contributed by atoms with van der Waals surface area (Å²) in [5.41, 5.74) is 0. The summed E-state index contributed by atoms with van der Waals surface area (Å²) in [6, 6.07) is 0.525. The fourth-order valence-electron chi connectivity index (χ4n) is 2.52. The van der Waals surface area contributed by atoms with Crippen LogP contribution < -0.4 is 5.32 Å². The lowest BCUT2D eigenvalue weighted by Gasteiger charge is -2.33.